The van der Waals surface area contributed by atoms with Crippen LogP contribution < -0.4 is 32.7 Å². The van der Waals surface area contributed by atoms with Crippen LogP contribution in [0.5, 0.6) is 0 Å². The minimum absolute atomic E-state index is 0.0223. The van der Waals surface area contributed by atoms with E-state index in [1.54, 1.807) is 54.6 Å². The quantitative estimate of drug-likeness (QED) is 0.0826. The Morgan fingerprint density at radius 3 is 2.29 bits per heavy atom. The highest BCUT2D eigenvalue weighted by atomic mass is 16.4. The number of nitrogens with one attached hydrogen (secondary N) is 5. The molecule has 0 heterocycles. The molecule has 1 aliphatic rings. The van der Waals surface area contributed by atoms with Gasteiger partial charge in [-0.1, -0.05) is 54.6 Å². The number of fused-ring (bicyclic) bond motifs is 1. The van der Waals surface area contributed by atoms with Gasteiger partial charge < -0.3 is 37.8 Å². The van der Waals surface area contributed by atoms with E-state index in [0.29, 0.717) is 24.1 Å². The molecule has 41 heavy (non-hydrogen) atoms. The molecule has 10 N–H and O–H groups in total. The van der Waals surface area contributed by atoms with Crippen molar-refractivity contribution < 1.29 is 29.1 Å². The molecule has 0 spiro atoms. The first-order chi connectivity index (χ1) is 19.6. The second-order valence-electron chi connectivity index (χ2n) is 9.75. The van der Waals surface area contributed by atoms with Crippen LogP contribution in [0.3, 0.4) is 0 Å². The predicted octanol–water partition coefficient (Wildman–Crippen LogP) is -0.640. The molecule has 2 aromatic rings. The number of carboxylic acid groups (broad SMARTS) is 1. The van der Waals surface area contributed by atoms with Gasteiger partial charge in [0.1, 0.15) is 12.1 Å². The normalized spacial score (nSPS) is 16.0. The Labute approximate surface area is 236 Å². The lowest BCUT2D eigenvalue weighted by molar-refractivity contribution is -0.142. The summed E-state index contributed by atoms with van der Waals surface area (Å²) in [6.07, 6.45) is 0.742. The molecule has 13 heteroatoms. The zero-order valence-electron chi connectivity index (χ0n) is 22.4. The van der Waals surface area contributed by atoms with Crippen molar-refractivity contribution in [2.24, 2.45) is 11.5 Å². The maximum atomic E-state index is 13.2. The molecule has 0 radical (unpaired) electrons. The number of rotatable bonds is 14. The van der Waals surface area contributed by atoms with Crippen LogP contribution in [0.1, 0.15) is 46.7 Å². The number of Topliss-reactive ketones (excluding diaryl/α,β-unsaturated/α-hetero) is 1. The summed E-state index contributed by atoms with van der Waals surface area (Å²) in [7, 11) is 0. The van der Waals surface area contributed by atoms with Crippen molar-refractivity contribution >= 4 is 35.4 Å². The van der Waals surface area contributed by atoms with E-state index in [4.69, 9.17) is 16.9 Å². The highest BCUT2D eigenvalue weighted by Gasteiger charge is 2.35. The third-order valence-corrected chi connectivity index (χ3v) is 6.70. The summed E-state index contributed by atoms with van der Waals surface area (Å²) in [6.45, 7) is -0.0850. The topological polar surface area (TPSA) is 230 Å². The van der Waals surface area contributed by atoms with E-state index in [1.165, 1.54) is 0 Å². The number of hydrogen-bond donors (Lipinski definition) is 8. The number of nitrogens with two attached hydrogens (primary N) is 2. The predicted molar refractivity (Wildman–Crippen MR) is 150 cm³/mol. The minimum Gasteiger partial charge on any atom is -0.480 e. The standard InChI is InChI=1S/C28H35N7O6/c29-20(11-6-12-32-28(30)31)25(38)34-21(13-16-7-2-1-3-8-16)26(39)35-22(27(40)41)15-33-24(37)19-14-23(36)18-10-5-4-9-17(18)19/h1-5,7-10,19-22H,6,11-15,29H2,(H,33,37)(H,34,38)(H,35,39)(H,40,41)(H4,30,31,32)/t19?,20-,21-,22-/m0/s1. The molecule has 0 saturated heterocycles. The van der Waals surface area contributed by atoms with Gasteiger partial charge in [0, 0.05) is 31.5 Å². The van der Waals surface area contributed by atoms with Crippen LogP contribution in [0.25, 0.3) is 0 Å². The molecule has 0 bridgehead atoms. The van der Waals surface area contributed by atoms with Crippen molar-refractivity contribution in [3.8, 4) is 0 Å². The number of carboxylic acids is 1. The Morgan fingerprint density at radius 2 is 1.61 bits per heavy atom. The maximum absolute atomic E-state index is 13.2. The summed E-state index contributed by atoms with van der Waals surface area (Å²) in [6, 6.07) is 12.0. The van der Waals surface area contributed by atoms with Gasteiger partial charge in [0.2, 0.25) is 17.7 Å². The van der Waals surface area contributed by atoms with E-state index < -0.39 is 54.3 Å². The van der Waals surface area contributed by atoms with Crippen LogP contribution in [0.2, 0.25) is 0 Å². The first kappa shape index (κ1) is 30.8. The third-order valence-electron chi connectivity index (χ3n) is 6.70. The summed E-state index contributed by atoms with van der Waals surface area (Å²) in [5.74, 6) is -4.40. The number of carbonyl (C=O) groups is 5. The van der Waals surface area contributed by atoms with Crippen LogP contribution in [0.4, 0.5) is 0 Å². The van der Waals surface area contributed by atoms with E-state index in [-0.39, 0.29) is 31.0 Å². The van der Waals surface area contributed by atoms with Crippen LogP contribution >= 0.6 is 0 Å². The van der Waals surface area contributed by atoms with Gasteiger partial charge >= 0.3 is 5.97 Å². The van der Waals surface area contributed by atoms with Crippen molar-refractivity contribution in [3.63, 3.8) is 0 Å². The zero-order valence-corrected chi connectivity index (χ0v) is 22.4. The van der Waals surface area contributed by atoms with Gasteiger partial charge in [0.05, 0.1) is 12.0 Å². The Kier molecular flexibility index (Phi) is 10.9. The fourth-order valence-electron chi connectivity index (χ4n) is 4.51. The number of guanidine groups is 1. The summed E-state index contributed by atoms with van der Waals surface area (Å²) >= 11 is 0. The van der Waals surface area contributed by atoms with E-state index in [9.17, 15) is 29.1 Å². The number of carbonyl (C=O) groups excluding carboxylic acids is 4. The molecule has 3 rings (SSSR count). The van der Waals surface area contributed by atoms with Crippen LogP contribution in [0.15, 0.2) is 54.6 Å². The first-order valence-corrected chi connectivity index (χ1v) is 13.2. The van der Waals surface area contributed by atoms with Gasteiger partial charge in [-0.15, -0.1) is 0 Å². The molecule has 4 atom stereocenters. The molecule has 0 aromatic heterocycles. The summed E-state index contributed by atoms with van der Waals surface area (Å²) in [5.41, 5.74) is 13.0. The van der Waals surface area contributed by atoms with Gasteiger partial charge in [-0.25, -0.2) is 4.79 Å². The van der Waals surface area contributed by atoms with Crippen molar-refractivity contribution in [1.82, 2.24) is 21.3 Å². The molecule has 3 amide bonds. The molecule has 0 aliphatic heterocycles. The minimum atomic E-state index is -1.50. The lowest BCUT2D eigenvalue weighted by Gasteiger charge is -2.23. The monoisotopic (exact) mass is 565 g/mol. The smallest absolute Gasteiger partial charge is 0.328 e. The van der Waals surface area contributed by atoms with E-state index in [1.807, 2.05) is 0 Å². The molecule has 0 saturated carbocycles. The Morgan fingerprint density at radius 1 is 0.951 bits per heavy atom. The molecule has 218 valence electrons. The average molecular weight is 566 g/mol. The van der Waals surface area contributed by atoms with Crippen LogP contribution in [-0.2, 0) is 25.6 Å². The van der Waals surface area contributed by atoms with Crippen molar-refractivity contribution in [1.29, 1.82) is 5.41 Å². The fraction of sp³-hybridized carbons (Fsp3) is 0.357. The second kappa shape index (κ2) is 14.6. The van der Waals surface area contributed by atoms with Gasteiger partial charge in [0.15, 0.2) is 11.7 Å². The largest absolute Gasteiger partial charge is 0.480 e. The summed E-state index contributed by atoms with van der Waals surface area (Å²) < 4.78 is 0. The van der Waals surface area contributed by atoms with Crippen molar-refractivity contribution in [2.45, 2.75) is 49.7 Å². The molecular formula is C28H35N7O6. The van der Waals surface area contributed by atoms with E-state index in [2.05, 4.69) is 21.3 Å². The lowest BCUT2D eigenvalue weighted by atomic mass is 10.0. The zero-order chi connectivity index (χ0) is 29.9. The first-order valence-electron chi connectivity index (χ1n) is 13.2. The van der Waals surface area contributed by atoms with E-state index in [0.717, 1.165) is 5.56 Å². The van der Waals surface area contributed by atoms with Gasteiger partial charge in [-0.3, -0.25) is 24.6 Å². The van der Waals surface area contributed by atoms with Crippen LogP contribution in [-0.4, -0.2) is 71.8 Å². The maximum Gasteiger partial charge on any atom is 0.328 e. The lowest BCUT2D eigenvalue weighted by Crippen LogP contribution is -2.57. The Hall–Kier alpha value is -4.78. The number of aliphatic carboxylic acids is 1. The van der Waals surface area contributed by atoms with Gasteiger partial charge in [0.25, 0.3) is 0 Å². The van der Waals surface area contributed by atoms with Crippen molar-refractivity contribution in [3.05, 3.63) is 71.3 Å². The molecule has 1 aliphatic carbocycles. The fourth-order valence-corrected chi connectivity index (χ4v) is 4.51. The third kappa shape index (κ3) is 8.86. The molecule has 1 unspecified atom stereocenters. The molecule has 2 aromatic carbocycles. The Balaban J connectivity index is 1.64. The highest BCUT2D eigenvalue weighted by Crippen LogP contribution is 2.32. The van der Waals surface area contributed by atoms with Crippen molar-refractivity contribution in [2.75, 3.05) is 13.1 Å². The number of benzene rings is 2. The van der Waals surface area contributed by atoms with Gasteiger partial charge in [-0.05, 0) is 24.0 Å². The number of amides is 3. The second-order valence-corrected chi connectivity index (χ2v) is 9.75. The Bertz CT molecular complexity index is 1290. The van der Waals surface area contributed by atoms with E-state index >= 15 is 0 Å². The molecular weight excluding hydrogens is 530 g/mol. The SMILES string of the molecule is N=C(N)NCCC[C@H](N)C(=O)N[C@@H](Cc1ccccc1)C(=O)N[C@@H](CNC(=O)C1CC(=O)c2ccccc21)C(=O)O. The number of ketones is 1. The number of hydrogen-bond acceptors (Lipinski definition) is 7. The summed E-state index contributed by atoms with van der Waals surface area (Å²) in [5, 5.41) is 27.1. The average Bonchev–Trinajstić information content (AvgIpc) is 3.29. The van der Waals surface area contributed by atoms with Crippen LogP contribution in [0, 0.1) is 5.41 Å². The molecule has 13 nitrogen and oxygen atoms in total. The molecule has 0 fully saturated rings. The highest BCUT2D eigenvalue weighted by molar-refractivity contribution is 6.06. The summed E-state index contributed by atoms with van der Waals surface area (Å²) in [4.78, 5) is 63.1. The van der Waals surface area contributed by atoms with Gasteiger partial charge in [-0.2, -0.15) is 0 Å².